The van der Waals surface area contributed by atoms with E-state index in [1.165, 1.54) is 18.2 Å². The first-order valence-corrected chi connectivity index (χ1v) is 14.2. The van der Waals surface area contributed by atoms with Crippen LogP contribution in [0.15, 0.2) is 101 Å². The van der Waals surface area contributed by atoms with E-state index in [2.05, 4.69) is 15.0 Å². The second-order valence-electron chi connectivity index (χ2n) is 8.37. The van der Waals surface area contributed by atoms with Crippen molar-refractivity contribution in [3.8, 4) is 0 Å². The minimum absolute atomic E-state index is 0.0262. The highest BCUT2D eigenvalue weighted by Crippen LogP contribution is 2.26. The van der Waals surface area contributed by atoms with Crippen molar-refractivity contribution in [2.75, 3.05) is 4.72 Å². The third-order valence-electron chi connectivity index (χ3n) is 5.83. The van der Waals surface area contributed by atoms with Crippen LogP contribution < -0.4 is 14.9 Å². The molecule has 0 saturated carbocycles. The summed E-state index contributed by atoms with van der Waals surface area (Å²) in [5.41, 5.74) is 2.52. The Balaban J connectivity index is 1.39. The standard InChI is InChI=1S/C27H21ClN4O4S2/c28-22-9-3-1-7-19(22)17-32-24-12-11-20(14-25(24)37-27(32)34)38(35,36)31-23-10-4-2-8-21(23)26(33)30-16-18-6-5-13-29-15-18/h1-15,31H,16-17H2,(H,30,33). The number of amides is 1. The zero-order chi connectivity index (χ0) is 26.7. The summed E-state index contributed by atoms with van der Waals surface area (Å²) in [5, 5.41) is 3.33. The van der Waals surface area contributed by atoms with Crippen LogP contribution in [-0.2, 0) is 23.1 Å². The minimum Gasteiger partial charge on any atom is -0.348 e. The summed E-state index contributed by atoms with van der Waals surface area (Å²) in [6.07, 6.45) is 3.28. The number of anilines is 1. The lowest BCUT2D eigenvalue weighted by Crippen LogP contribution is -2.25. The van der Waals surface area contributed by atoms with Crippen molar-refractivity contribution in [1.82, 2.24) is 14.9 Å². The number of aromatic nitrogens is 2. The molecule has 3 aromatic carbocycles. The van der Waals surface area contributed by atoms with E-state index in [4.69, 9.17) is 11.6 Å². The molecule has 0 saturated heterocycles. The Morgan fingerprint density at radius 1 is 1.00 bits per heavy atom. The van der Waals surface area contributed by atoms with E-state index in [-0.39, 0.29) is 34.1 Å². The lowest BCUT2D eigenvalue weighted by molar-refractivity contribution is 0.0952. The average Bonchev–Trinajstić information content (AvgIpc) is 3.23. The van der Waals surface area contributed by atoms with Gasteiger partial charge in [-0.2, -0.15) is 0 Å². The van der Waals surface area contributed by atoms with Gasteiger partial charge in [-0.1, -0.05) is 59.3 Å². The Morgan fingerprint density at radius 3 is 2.58 bits per heavy atom. The number of halogens is 1. The van der Waals surface area contributed by atoms with Gasteiger partial charge in [0.2, 0.25) is 0 Å². The summed E-state index contributed by atoms with van der Waals surface area (Å²) in [4.78, 5) is 29.3. The van der Waals surface area contributed by atoms with Gasteiger partial charge >= 0.3 is 4.87 Å². The number of nitrogens with zero attached hydrogens (tertiary/aromatic N) is 2. The van der Waals surface area contributed by atoms with Crippen LogP contribution in [0, 0.1) is 0 Å². The quantitative estimate of drug-likeness (QED) is 0.279. The molecule has 2 aromatic heterocycles. The van der Waals surface area contributed by atoms with E-state index in [0.717, 1.165) is 22.5 Å². The number of carbonyl (C=O) groups excluding carboxylic acids is 1. The molecular weight excluding hydrogens is 544 g/mol. The van der Waals surface area contributed by atoms with Crippen LogP contribution in [0.2, 0.25) is 5.02 Å². The second kappa shape index (κ2) is 10.8. The maximum atomic E-state index is 13.3. The van der Waals surface area contributed by atoms with Gasteiger partial charge in [-0.05, 0) is 53.6 Å². The first-order valence-electron chi connectivity index (χ1n) is 11.5. The molecular formula is C27H21ClN4O4S2. The molecule has 2 N–H and O–H groups in total. The summed E-state index contributed by atoms with van der Waals surface area (Å²) < 4.78 is 31.2. The smallest absolute Gasteiger partial charge is 0.308 e. The van der Waals surface area contributed by atoms with Gasteiger partial charge in [0, 0.05) is 24.0 Å². The lowest BCUT2D eigenvalue weighted by atomic mass is 10.1. The lowest BCUT2D eigenvalue weighted by Gasteiger charge is -2.13. The Kier molecular flexibility index (Phi) is 7.28. The van der Waals surface area contributed by atoms with Crippen molar-refractivity contribution in [3.63, 3.8) is 0 Å². The van der Waals surface area contributed by atoms with Crippen molar-refractivity contribution in [1.29, 1.82) is 0 Å². The van der Waals surface area contributed by atoms with Gasteiger partial charge in [0.15, 0.2) is 0 Å². The summed E-state index contributed by atoms with van der Waals surface area (Å²) in [7, 11) is -4.06. The number of nitrogens with one attached hydrogen (secondary N) is 2. The number of hydrogen-bond acceptors (Lipinski definition) is 6. The molecule has 11 heteroatoms. The third-order valence-corrected chi connectivity index (χ3v) is 8.50. The number of benzene rings is 3. The van der Waals surface area contributed by atoms with Crippen molar-refractivity contribution in [2.24, 2.45) is 0 Å². The van der Waals surface area contributed by atoms with Crippen LogP contribution in [0.25, 0.3) is 10.2 Å². The summed E-state index contributed by atoms with van der Waals surface area (Å²) in [6, 6.07) is 21.7. The molecule has 0 unspecified atom stereocenters. The molecule has 2 heterocycles. The third kappa shape index (κ3) is 5.47. The summed E-state index contributed by atoms with van der Waals surface area (Å²) >= 11 is 7.22. The van der Waals surface area contributed by atoms with Crippen molar-refractivity contribution in [3.05, 3.63) is 123 Å². The number of carbonyl (C=O) groups is 1. The molecule has 0 aliphatic rings. The molecule has 5 rings (SSSR count). The van der Waals surface area contributed by atoms with Crippen molar-refractivity contribution in [2.45, 2.75) is 18.0 Å². The molecule has 0 spiro atoms. The number of pyridine rings is 1. The monoisotopic (exact) mass is 564 g/mol. The SMILES string of the molecule is O=C(NCc1cccnc1)c1ccccc1NS(=O)(=O)c1ccc2c(c1)sc(=O)n2Cc1ccccc1Cl. The summed E-state index contributed by atoms with van der Waals surface area (Å²) in [5.74, 6) is -0.433. The maximum Gasteiger partial charge on any atom is 0.308 e. The van der Waals surface area contributed by atoms with Crippen LogP contribution in [0.1, 0.15) is 21.5 Å². The van der Waals surface area contributed by atoms with Gasteiger partial charge in [-0.15, -0.1) is 0 Å². The van der Waals surface area contributed by atoms with Gasteiger partial charge in [0.25, 0.3) is 15.9 Å². The number of thiazole rings is 1. The van der Waals surface area contributed by atoms with E-state index >= 15 is 0 Å². The molecule has 0 radical (unpaired) electrons. The van der Waals surface area contributed by atoms with Crippen LogP contribution in [-0.4, -0.2) is 23.9 Å². The van der Waals surface area contributed by atoms with E-state index in [0.29, 0.717) is 15.2 Å². The Bertz CT molecular complexity index is 1800. The average molecular weight is 565 g/mol. The highest BCUT2D eigenvalue weighted by Gasteiger charge is 2.20. The highest BCUT2D eigenvalue weighted by atomic mass is 35.5. The number of para-hydroxylation sites is 1. The van der Waals surface area contributed by atoms with Crippen molar-refractivity contribution < 1.29 is 13.2 Å². The Labute approximate surface area is 227 Å². The molecule has 0 bridgehead atoms. The number of rotatable bonds is 8. The first-order chi connectivity index (χ1) is 18.3. The molecule has 1 amide bonds. The molecule has 38 heavy (non-hydrogen) atoms. The van der Waals surface area contributed by atoms with E-state index in [9.17, 15) is 18.0 Å². The zero-order valence-corrected chi connectivity index (χ0v) is 22.2. The minimum atomic E-state index is -4.06. The normalized spacial score (nSPS) is 11.4. The van der Waals surface area contributed by atoms with Crippen molar-refractivity contribution >= 4 is 54.8 Å². The molecule has 8 nitrogen and oxygen atoms in total. The predicted octanol–water partition coefficient (Wildman–Crippen LogP) is 4.89. The Hall–Kier alpha value is -3.99. The Morgan fingerprint density at radius 2 is 1.79 bits per heavy atom. The number of fused-ring (bicyclic) bond motifs is 1. The highest BCUT2D eigenvalue weighted by molar-refractivity contribution is 7.92. The molecule has 0 fully saturated rings. The van der Waals surface area contributed by atoms with Crippen LogP contribution in [0.5, 0.6) is 0 Å². The van der Waals surface area contributed by atoms with E-state index in [1.807, 2.05) is 24.3 Å². The largest absolute Gasteiger partial charge is 0.348 e. The van der Waals surface area contributed by atoms with Crippen LogP contribution in [0.3, 0.4) is 0 Å². The van der Waals surface area contributed by atoms with Gasteiger partial charge < -0.3 is 5.32 Å². The molecule has 5 aromatic rings. The van der Waals surface area contributed by atoms with Crippen LogP contribution >= 0.6 is 22.9 Å². The van der Waals surface area contributed by atoms with E-state index < -0.39 is 15.9 Å². The topological polar surface area (TPSA) is 110 Å². The zero-order valence-electron chi connectivity index (χ0n) is 19.8. The predicted molar refractivity (Wildman–Crippen MR) is 149 cm³/mol. The van der Waals surface area contributed by atoms with Gasteiger partial charge in [-0.25, -0.2) is 8.42 Å². The second-order valence-corrected chi connectivity index (χ2v) is 11.5. The number of hydrogen-bond donors (Lipinski definition) is 2. The maximum absolute atomic E-state index is 13.3. The fraction of sp³-hybridized carbons (Fsp3) is 0.0741. The van der Waals surface area contributed by atoms with Gasteiger partial charge in [-0.3, -0.25) is 23.9 Å². The number of sulfonamides is 1. The molecule has 0 aliphatic carbocycles. The van der Waals surface area contributed by atoms with Gasteiger partial charge in [0.05, 0.1) is 32.9 Å². The molecule has 0 atom stereocenters. The molecule has 0 aliphatic heterocycles. The first kappa shape index (κ1) is 25.7. The fourth-order valence-electron chi connectivity index (χ4n) is 3.91. The van der Waals surface area contributed by atoms with Gasteiger partial charge in [0.1, 0.15) is 0 Å². The molecule has 192 valence electrons. The fourth-order valence-corrected chi connectivity index (χ4v) is 6.22. The summed E-state index contributed by atoms with van der Waals surface area (Å²) in [6.45, 7) is 0.513. The van der Waals surface area contributed by atoms with E-state index in [1.54, 1.807) is 53.4 Å². The van der Waals surface area contributed by atoms with Crippen LogP contribution in [0.4, 0.5) is 5.69 Å².